The Morgan fingerprint density at radius 3 is 2.89 bits per heavy atom. The van der Waals surface area contributed by atoms with Crippen LogP contribution < -0.4 is 0 Å². The summed E-state index contributed by atoms with van der Waals surface area (Å²) in [7, 11) is 0. The molecule has 19 heavy (non-hydrogen) atoms. The van der Waals surface area contributed by atoms with Gasteiger partial charge in [0.15, 0.2) is 6.23 Å². The van der Waals surface area contributed by atoms with Crippen LogP contribution in [-0.2, 0) is 4.74 Å². The van der Waals surface area contributed by atoms with Crippen LogP contribution in [-0.4, -0.2) is 56.4 Å². The van der Waals surface area contributed by atoms with Gasteiger partial charge in [0.2, 0.25) is 0 Å². The lowest BCUT2D eigenvalue weighted by Crippen LogP contribution is -2.41. The second kappa shape index (κ2) is 4.69. The highest BCUT2D eigenvalue weighted by molar-refractivity contribution is 7.11. The minimum Gasteiger partial charge on any atom is -0.394 e. The molecule has 3 rings (SSSR count). The molecule has 1 aromatic rings. The maximum atomic E-state index is 10.0. The van der Waals surface area contributed by atoms with Crippen LogP contribution in [0.5, 0.6) is 0 Å². The van der Waals surface area contributed by atoms with Crippen molar-refractivity contribution in [1.29, 1.82) is 0 Å². The lowest BCUT2D eigenvalue weighted by Gasteiger charge is -2.32. The van der Waals surface area contributed by atoms with E-state index in [9.17, 15) is 10.2 Å². The molecule has 102 valence electrons. The summed E-state index contributed by atoms with van der Waals surface area (Å²) in [5, 5.41) is 28.9. The zero-order chi connectivity index (χ0) is 13.6. The molecule has 1 fully saturated rings. The van der Waals surface area contributed by atoms with Crippen molar-refractivity contribution in [1.82, 2.24) is 9.88 Å². The van der Waals surface area contributed by atoms with E-state index in [-0.39, 0.29) is 6.61 Å². The lowest BCUT2D eigenvalue weighted by atomic mass is 10.1. The van der Waals surface area contributed by atoms with Crippen molar-refractivity contribution in [3.63, 3.8) is 0 Å². The third-order valence-corrected chi connectivity index (χ3v) is 4.24. The van der Waals surface area contributed by atoms with E-state index in [0.717, 1.165) is 10.6 Å². The molecule has 0 radical (unpaired) electrons. The molecule has 3 heterocycles. The first-order valence-electron chi connectivity index (χ1n) is 5.85. The predicted octanol–water partition coefficient (Wildman–Crippen LogP) is -0.161. The third kappa shape index (κ3) is 1.90. The largest absolute Gasteiger partial charge is 0.394 e. The second-order valence-electron chi connectivity index (χ2n) is 4.47. The molecular formula is C12H14N2O4S. The average molecular weight is 282 g/mol. The maximum absolute atomic E-state index is 10.0. The van der Waals surface area contributed by atoms with Crippen molar-refractivity contribution in [3.05, 3.63) is 28.9 Å². The lowest BCUT2D eigenvalue weighted by molar-refractivity contribution is -0.0613. The van der Waals surface area contributed by atoms with E-state index < -0.39 is 24.5 Å². The predicted molar refractivity (Wildman–Crippen MR) is 69.8 cm³/mol. The van der Waals surface area contributed by atoms with E-state index in [0.29, 0.717) is 5.70 Å². The number of ether oxygens (including phenoxy) is 1. The standard InChI is InChI=1S/C12H14N2O4S/c1-6-11-7(13-5-19-11)2-3-14(6)12-10(17)9(16)8(4-15)18-12/h2-3,5,8-10,12,15-17H,1,4H2/t8-,9+,10?,12-/m1/s1. The van der Waals surface area contributed by atoms with Crippen LogP contribution in [0.25, 0.3) is 11.8 Å². The topological polar surface area (TPSA) is 86.1 Å². The molecule has 0 aromatic carbocycles. The molecule has 2 aliphatic rings. The van der Waals surface area contributed by atoms with Crippen LogP contribution in [0.3, 0.4) is 0 Å². The Labute approximate surface area is 113 Å². The summed E-state index contributed by atoms with van der Waals surface area (Å²) < 4.78 is 5.48. The van der Waals surface area contributed by atoms with Crippen molar-refractivity contribution in [2.24, 2.45) is 0 Å². The second-order valence-corrected chi connectivity index (χ2v) is 5.32. The van der Waals surface area contributed by atoms with Gasteiger partial charge in [-0.3, -0.25) is 0 Å². The Bertz CT molecular complexity index is 530. The summed E-state index contributed by atoms with van der Waals surface area (Å²) in [6.45, 7) is 3.63. The number of aliphatic hydroxyl groups excluding tert-OH is 3. The fourth-order valence-electron chi connectivity index (χ4n) is 2.30. The molecule has 4 atom stereocenters. The molecule has 1 saturated heterocycles. The first kappa shape index (κ1) is 12.8. The van der Waals surface area contributed by atoms with E-state index in [2.05, 4.69) is 11.6 Å². The zero-order valence-electron chi connectivity index (χ0n) is 10.0. The van der Waals surface area contributed by atoms with Gasteiger partial charge in [-0.2, -0.15) is 0 Å². The van der Waals surface area contributed by atoms with E-state index in [4.69, 9.17) is 9.84 Å². The Hall–Kier alpha value is -1.25. The van der Waals surface area contributed by atoms with E-state index in [1.54, 1.807) is 22.7 Å². The molecule has 0 amide bonds. The quantitative estimate of drug-likeness (QED) is 0.699. The number of fused-ring (bicyclic) bond motifs is 1. The monoisotopic (exact) mass is 282 g/mol. The van der Waals surface area contributed by atoms with Crippen LogP contribution in [0, 0.1) is 0 Å². The first-order valence-corrected chi connectivity index (χ1v) is 6.73. The number of hydrogen-bond acceptors (Lipinski definition) is 7. The van der Waals surface area contributed by atoms with Gasteiger partial charge in [0.05, 0.1) is 28.4 Å². The summed E-state index contributed by atoms with van der Waals surface area (Å²) in [5.41, 5.74) is 3.22. The van der Waals surface area contributed by atoms with Gasteiger partial charge in [-0.05, 0) is 6.08 Å². The molecule has 0 saturated carbocycles. The highest BCUT2D eigenvalue weighted by atomic mass is 32.1. The van der Waals surface area contributed by atoms with Crippen molar-refractivity contribution in [2.75, 3.05) is 6.61 Å². The summed E-state index contributed by atoms with van der Waals surface area (Å²) in [5.74, 6) is 0. The number of hydrogen-bond donors (Lipinski definition) is 3. The zero-order valence-corrected chi connectivity index (χ0v) is 10.8. The van der Waals surface area contributed by atoms with Gasteiger partial charge in [-0.1, -0.05) is 6.58 Å². The van der Waals surface area contributed by atoms with Gasteiger partial charge in [-0.25, -0.2) is 4.98 Å². The Kier molecular flexibility index (Phi) is 3.15. The molecule has 2 aliphatic heterocycles. The first-order chi connectivity index (χ1) is 9.13. The number of rotatable bonds is 2. The molecular weight excluding hydrogens is 268 g/mol. The Balaban J connectivity index is 1.87. The number of aromatic nitrogens is 1. The van der Waals surface area contributed by atoms with Crippen molar-refractivity contribution in [3.8, 4) is 0 Å². The highest BCUT2D eigenvalue weighted by Crippen LogP contribution is 2.35. The van der Waals surface area contributed by atoms with Gasteiger partial charge in [-0.15, -0.1) is 11.3 Å². The van der Waals surface area contributed by atoms with Gasteiger partial charge >= 0.3 is 0 Å². The van der Waals surface area contributed by atoms with Gasteiger partial charge in [0, 0.05) is 6.20 Å². The average Bonchev–Trinajstić information content (AvgIpc) is 2.98. The maximum Gasteiger partial charge on any atom is 0.163 e. The van der Waals surface area contributed by atoms with Crippen LogP contribution in [0.15, 0.2) is 18.3 Å². The van der Waals surface area contributed by atoms with Crippen molar-refractivity contribution in [2.45, 2.75) is 24.5 Å². The van der Waals surface area contributed by atoms with Crippen LogP contribution in [0.4, 0.5) is 0 Å². The minimum atomic E-state index is -1.11. The van der Waals surface area contributed by atoms with E-state index in [1.165, 1.54) is 11.3 Å². The highest BCUT2D eigenvalue weighted by Gasteiger charge is 2.45. The number of thiazole rings is 1. The Morgan fingerprint density at radius 2 is 2.21 bits per heavy atom. The SMILES string of the molecule is C=C1c2scnc2C=CN1[C@@H]1O[C@H](CO)[C@H](O)C1O. The smallest absolute Gasteiger partial charge is 0.163 e. The number of aliphatic hydroxyl groups is 3. The van der Waals surface area contributed by atoms with Gasteiger partial charge in [0.1, 0.15) is 18.3 Å². The summed E-state index contributed by atoms with van der Waals surface area (Å²) in [4.78, 5) is 6.74. The normalized spacial score (nSPS) is 33.8. The molecule has 7 heteroatoms. The fraction of sp³-hybridized carbons (Fsp3) is 0.417. The summed E-state index contributed by atoms with van der Waals surface area (Å²) in [6.07, 6.45) is -0.248. The van der Waals surface area contributed by atoms with Crippen molar-refractivity contribution < 1.29 is 20.1 Å². The van der Waals surface area contributed by atoms with E-state index in [1.807, 2.05) is 0 Å². The Morgan fingerprint density at radius 1 is 1.42 bits per heavy atom. The van der Waals surface area contributed by atoms with Crippen LogP contribution >= 0.6 is 11.3 Å². The molecule has 1 aromatic heterocycles. The minimum absolute atomic E-state index is 0.343. The summed E-state index contributed by atoms with van der Waals surface area (Å²) >= 11 is 1.45. The molecule has 0 aliphatic carbocycles. The molecule has 3 N–H and O–H groups in total. The summed E-state index contributed by atoms with van der Waals surface area (Å²) in [6, 6.07) is 0. The van der Waals surface area contributed by atoms with Gasteiger partial charge < -0.3 is 25.0 Å². The number of nitrogens with zero attached hydrogens (tertiary/aromatic N) is 2. The molecule has 0 bridgehead atoms. The van der Waals surface area contributed by atoms with Crippen LogP contribution in [0.2, 0.25) is 0 Å². The van der Waals surface area contributed by atoms with Crippen molar-refractivity contribution >= 4 is 23.1 Å². The fourth-order valence-corrected chi connectivity index (χ4v) is 3.05. The third-order valence-electron chi connectivity index (χ3n) is 3.35. The molecule has 6 nitrogen and oxygen atoms in total. The van der Waals surface area contributed by atoms with Gasteiger partial charge in [0.25, 0.3) is 0 Å². The van der Waals surface area contributed by atoms with Crippen LogP contribution in [0.1, 0.15) is 10.6 Å². The molecule has 1 unspecified atom stereocenters. The molecule has 0 spiro atoms. The van der Waals surface area contributed by atoms with E-state index >= 15 is 0 Å².